The van der Waals surface area contributed by atoms with Gasteiger partial charge in [-0.1, -0.05) is 18.6 Å². The van der Waals surface area contributed by atoms with Gasteiger partial charge in [-0.2, -0.15) is 0 Å². The zero-order valence-corrected chi connectivity index (χ0v) is 8.19. The van der Waals surface area contributed by atoms with Crippen molar-refractivity contribution < 1.29 is 14.6 Å². The van der Waals surface area contributed by atoms with Crippen LogP contribution in [0.25, 0.3) is 0 Å². The van der Waals surface area contributed by atoms with Crippen molar-refractivity contribution in [3.05, 3.63) is 12.2 Å². The molecule has 0 amide bonds. The summed E-state index contributed by atoms with van der Waals surface area (Å²) in [6.07, 6.45) is 9.32. The molecule has 0 saturated carbocycles. The van der Waals surface area contributed by atoms with Crippen molar-refractivity contribution >= 4 is 5.97 Å². The minimum Gasteiger partial charge on any atom is -0.481 e. The van der Waals surface area contributed by atoms with E-state index < -0.39 is 5.97 Å². The van der Waals surface area contributed by atoms with Crippen molar-refractivity contribution in [3.8, 4) is 0 Å². The van der Waals surface area contributed by atoms with E-state index in [1.54, 1.807) is 0 Å². The molecule has 0 radical (unpaired) electrons. The number of carbonyl (C=O) groups is 1. The zero-order chi connectivity index (χ0) is 9.97. The van der Waals surface area contributed by atoms with Crippen LogP contribution in [0.1, 0.15) is 32.1 Å². The molecule has 2 heterocycles. The monoisotopic (exact) mass is 196 g/mol. The first kappa shape index (κ1) is 9.71. The standard InChI is InChI=1S/C11H16O3/c12-11(13)4-2-1-3-8-7-9-5-6-10(8)14-9/h5-6,8-10H,1-4,7H2,(H,12,13). The van der Waals surface area contributed by atoms with Crippen LogP contribution in [0.3, 0.4) is 0 Å². The van der Waals surface area contributed by atoms with E-state index in [9.17, 15) is 4.79 Å². The molecule has 3 nitrogen and oxygen atoms in total. The van der Waals surface area contributed by atoms with E-state index in [1.165, 1.54) is 0 Å². The maximum Gasteiger partial charge on any atom is 0.303 e. The van der Waals surface area contributed by atoms with Crippen LogP contribution in [0, 0.1) is 5.92 Å². The Labute approximate surface area is 83.8 Å². The topological polar surface area (TPSA) is 46.5 Å². The molecule has 14 heavy (non-hydrogen) atoms. The highest BCUT2D eigenvalue weighted by atomic mass is 16.5. The minimum atomic E-state index is -0.686. The number of fused-ring (bicyclic) bond motifs is 2. The molecule has 0 aromatic heterocycles. The summed E-state index contributed by atoms with van der Waals surface area (Å²) in [4.78, 5) is 10.3. The van der Waals surface area contributed by atoms with Crippen molar-refractivity contribution in [2.45, 2.75) is 44.3 Å². The van der Waals surface area contributed by atoms with Crippen molar-refractivity contribution in [1.82, 2.24) is 0 Å². The highest BCUT2D eigenvalue weighted by Crippen LogP contribution is 2.36. The van der Waals surface area contributed by atoms with Gasteiger partial charge in [0, 0.05) is 6.42 Å². The van der Waals surface area contributed by atoms with E-state index in [0.717, 1.165) is 25.7 Å². The average Bonchev–Trinajstić information content (AvgIpc) is 2.73. The fourth-order valence-corrected chi connectivity index (χ4v) is 2.33. The molecule has 1 N–H and O–H groups in total. The molecule has 0 aliphatic carbocycles. The lowest BCUT2D eigenvalue weighted by Gasteiger charge is -2.14. The number of carboxylic acid groups (broad SMARTS) is 1. The van der Waals surface area contributed by atoms with Crippen LogP contribution in [0.15, 0.2) is 12.2 Å². The Kier molecular flexibility index (Phi) is 2.87. The number of carboxylic acids is 1. The van der Waals surface area contributed by atoms with Gasteiger partial charge in [-0.25, -0.2) is 0 Å². The summed E-state index contributed by atoms with van der Waals surface area (Å²) in [5, 5.41) is 8.47. The highest BCUT2D eigenvalue weighted by Gasteiger charge is 2.35. The molecular formula is C11H16O3. The van der Waals surface area contributed by atoms with Crippen LogP contribution in [0.4, 0.5) is 0 Å². The van der Waals surface area contributed by atoms with Gasteiger partial charge in [0.05, 0.1) is 12.2 Å². The highest BCUT2D eigenvalue weighted by molar-refractivity contribution is 5.66. The largest absolute Gasteiger partial charge is 0.481 e. The van der Waals surface area contributed by atoms with Gasteiger partial charge in [0.25, 0.3) is 0 Å². The summed E-state index contributed by atoms with van der Waals surface area (Å²) in [6.45, 7) is 0. The molecule has 3 atom stereocenters. The molecule has 3 heteroatoms. The van der Waals surface area contributed by atoms with Gasteiger partial charge in [-0.15, -0.1) is 0 Å². The number of unbranched alkanes of at least 4 members (excludes halogenated alkanes) is 1. The average molecular weight is 196 g/mol. The smallest absolute Gasteiger partial charge is 0.303 e. The Bertz CT molecular complexity index is 247. The Hall–Kier alpha value is -0.830. The molecule has 0 aromatic rings. The van der Waals surface area contributed by atoms with E-state index in [2.05, 4.69) is 12.2 Å². The third-order valence-corrected chi connectivity index (χ3v) is 3.06. The molecule has 78 valence electrons. The number of aliphatic carboxylic acids is 1. The zero-order valence-electron chi connectivity index (χ0n) is 8.19. The number of hydrogen-bond donors (Lipinski definition) is 1. The SMILES string of the molecule is O=C(O)CCCCC1CC2C=CC1O2. The summed E-state index contributed by atoms with van der Waals surface area (Å²) in [7, 11) is 0. The van der Waals surface area contributed by atoms with E-state index >= 15 is 0 Å². The van der Waals surface area contributed by atoms with Crippen LogP contribution in [-0.2, 0) is 9.53 Å². The van der Waals surface area contributed by atoms with Gasteiger partial charge in [0.2, 0.25) is 0 Å². The molecule has 0 aromatic carbocycles. The molecule has 2 aliphatic heterocycles. The Morgan fingerprint density at radius 2 is 2.29 bits per heavy atom. The number of ether oxygens (including phenoxy) is 1. The lowest BCUT2D eigenvalue weighted by atomic mass is 9.89. The molecule has 2 rings (SSSR count). The Balaban J connectivity index is 1.63. The van der Waals surface area contributed by atoms with Crippen molar-refractivity contribution in [1.29, 1.82) is 0 Å². The van der Waals surface area contributed by atoms with Gasteiger partial charge in [0.15, 0.2) is 0 Å². The summed E-state index contributed by atoms with van der Waals surface area (Å²) in [6, 6.07) is 0. The van der Waals surface area contributed by atoms with Gasteiger partial charge < -0.3 is 9.84 Å². The summed E-state index contributed by atoms with van der Waals surface area (Å²) in [5.74, 6) is -0.0483. The van der Waals surface area contributed by atoms with Crippen LogP contribution < -0.4 is 0 Å². The fraction of sp³-hybridized carbons (Fsp3) is 0.727. The van der Waals surface area contributed by atoms with Crippen LogP contribution in [0.2, 0.25) is 0 Å². The first-order chi connectivity index (χ1) is 6.75. The molecular weight excluding hydrogens is 180 g/mol. The van der Waals surface area contributed by atoms with Crippen molar-refractivity contribution in [2.75, 3.05) is 0 Å². The van der Waals surface area contributed by atoms with E-state index in [0.29, 0.717) is 24.5 Å². The Morgan fingerprint density at radius 3 is 2.86 bits per heavy atom. The lowest BCUT2D eigenvalue weighted by molar-refractivity contribution is -0.137. The Morgan fingerprint density at radius 1 is 1.43 bits per heavy atom. The third-order valence-electron chi connectivity index (χ3n) is 3.06. The lowest BCUT2D eigenvalue weighted by Crippen LogP contribution is -2.12. The molecule has 1 fully saturated rings. The molecule has 2 bridgehead atoms. The molecule has 2 aliphatic rings. The summed E-state index contributed by atoms with van der Waals surface area (Å²) >= 11 is 0. The van der Waals surface area contributed by atoms with E-state index in [1.807, 2.05) is 0 Å². The second-order valence-electron chi connectivity index (χ2n) is 4.16. The first-order valence-electron chi connectivity index (χ1n) is 5.31. The summed E-state index contributed by atoms with van der Waals surface area (Å²) < 4.78 is 5.64. The predicted molar refractivity (Wildman–Crippen MR) is 52.0 cm³/mol. The number of rotatable bonds is 5. The maximum atomic E-state index is 10.3. The second kappa shape index (κ2) is 4.13. The molecule has 1 saturated heterocycles. The molecule has 3 unspecified atom stereocenters. The van der Waals surface area contributed by atoms with Crippen molar-refractivity contribution in [2.24, 2.45) is 5.92 Å². The van der Waals surface area contributed by atoms with Crippen molar-refractivity contribution in [3.63, 3.8) is 0 Å². The normalized spacial score (nSPS) is 33.9. The van der Waals surface area contributed by atoms with Gasteiger partial charge in [-0.05, 0) is 25.2 Å². The molecule has 0 spiro atoms. The van der Waals surface area contributed by atoms with Gasteiger partial charge >= 0.3 is 5.97 Å². The van der Waals surface area contributed by atoms with E-state index in [-0.39, 0.29) is 0 Å². The maximum absolute atomic E-state index is 10.3. The first-order valence-corrected chi connectivity index (χ1v) is 5.31. The van der Waals surface area contributed by atoms with Crippen LogP contribution in [0.5, 0.6) is 0 Å². The number of hydrogen-bond acceptors (Lipinski definition) is 2. The summed E-state index contributed by atoms with van der Waals surface area (Å²) in [5.41, 5.74) is 0. The van der Waals surface area contributed by atoms with Gasteiger partial charge in [-0.3, -0.25) is 4.79 Å². The van der Waals surface area contributed by atoms with Crippen LogP contribution >= 0.6 is 0 Å². The van der Waals surface area contributed by atoms with Crippen LogP contribution in [-0.4, -0.2) is 23.3 Å². The minimum absolute atomic E-state index is 0.303. The predicted octanol–water partition coefficient (Wildman–Crippen LogP) is 1.97. The van der Waals surface area contributed by atoms with Gasteiger partial charge in [0.1, 0.15) is 0 Å². The quantitative estimate of drug-likeness (QED) is 0.540. The third kappa shape index (κ3) is 2.15. The van der Waals surface area contributed by atoms with E-state index in [4.69, 9.17) is 9.84 Å². The second-order valence-corrected chi connectivity index (χ2v) is 4.16. The fourth-order valence-electron chi connectivity index (χ4n) is 2.33.